The van der Waals surface area contributed by atoms with E-state index in [0.717, 1.165) is 73.9 Å². The van der Waals surface area contributed by atoms with Gasteiger partial charge in [0.15, 0.2) is 17.1 Å². The van der Waals surface area contributed by atoms with E-state index in [1.807, 2.05) is 29.1 Å². The fourth-order valence-electron chi connectivity index (χ4n) is 4.67. The van der Waals surface area contributed by atoms with Gasteiger partial charge in [-0.3, -0.25) is 4.90 Å². The molecule has 36 heavy (non-hydrogen) atoms. The Balaban J connectivity index is 1.05. The zero-order valence-corrected chi connectivity index (χ0v) is 20.4. The molecule has 3 aromatic heterocycles. The van der Waals surface area contributed by atoms with Crippen molar-refractivity contribution in [1.82, 2.24) is 34.3 Å². The molecule has 188 valence electrons. The Morgan fingerprint density at radius 1 is 1.00 bits per heavy atom. The first-order valence-electron chi connectivity index (χ1n) is 12.4. The van der Waals surface area contributed by atoms with E-state index in [4.69, 9.17) is 14.2 Å². The number of fused-ring (bicyclic) bond motifs is 3. The molecular weight excluding hydrogens is 460 g/mol. The molecule has 0 atom stereocenters. The second kappa shape index (κ2) is 10.1. The summed E-state index contributed by atoms with van der Waals surface area (Å²) in [5.74, 6) is 2.21. The Morgan fingerprint density at radius 3 is 2.64 bits per heavy atom. The molecule has 4 aromatic rings. The Labute approximate surface area is 208 Å². The van der Waals surface area contributed by atoms with Crippen molar-refractivity contribution >= 4 is 28.1 Å². The number of benzene rings is 1. The maximum absolute atomic E-state index is 5.67. The molecular formula is C25H30N8O3. The minimum atomic E-state index is 0.563. The fourth-order valence-corrected chi connectivity index (χ4v) is 4.67. The predicted molar refractivity (Wildman–Crippen MR) is 135 cm³/mol. The van der Waals surface area contributed by atoms with E-state index in [0.29, 0.717) is 25.6 Å². The minimum Gasteiger partial charge on any atom is -0.491 e. The number of aromatic nitrogens is 6. The summed E-state index contributed by atoms with van der Waals surface area (Å²) in [6, 6.07) is 8.32. The van der Waals surface area contributed by atoms with Crippen molar-refractivity contribution in [3.63, 3.8) is 0 Å². The maximum atomic E-state index is 5.67. The van der Waals surface area contributed by atoms with Gasteiger partial charge < -0.3 is 19.1 Å². The lowest BCUT2D eigenvalue weighted by Gasteiger charge is -2.36. The van der Waals surface area contributed by atoms with E-state index in [9.17, 15) is 0 Å². The van der Waals surface area contributed by atoms with Gasteiger partial charge in [-0.15, -0.1) is 5.10 Å². The Morgan fingerprint density at radius 2 is 1.86 bits per heavy atom. The van der Waals surface area contributed by atoms with E-state index in [2.05, 4.69) is 42.1 Å². The van der Waals surface area contributed by atoms with E-state index in [1.165, 1.54) is 5.69 Å². The highest BCUT2D eigenvalue weighted by Crippen LogP contribution is 2.23. The Hall–Kier alpha value is -3.70. The molecule has 2 aliphatic rings. The van der Waals surface area contributed by atoms with Gasteiger partial charge in [-0.1, -0.05) is 0 Å². The average molecular weight is 491 g/mol. The van der Waals surface area contributed by atoms with Crippen LogP contribution in [-0.2, 0) is 16.0 Å². The number of piperazine rings is 1. The molecule has 1 fully saturated rings. The number of rotatable bonds is 9. The smallest absolute Gasteiger partial charge is 0.217 e. The monoisotopic (exact) mass is 490 g/mol. The van der Waals surface area contributed by atoms with Crippen LogP contribution < -0.4 is 9.64 Å². The summed E-state index contributed by atoms with van der Waals surface area (Å²) < 4.78 is 20.0. The van der Waals surface area contributed by atoms with Gasteiger partial charge in [0.25, 0.3) is 0 Å². The van der Waals surface area contributed by atoms with Crippen LogP contribution in [-0.4, -0.2) is 93.9 Å². The molecule has 6 rings (SSSR count). The first-order chi connectivity index (χ1) is 17.8. The molecule has 0 amide bonds. The quantitative estimate of drug-likeness (QED) is 0.327. The highest BCUT2D eigenvalue weighted by Gasteiger charge is 2.20. The molecule has 0 bridgehead atoms. The van der Waals surface area contributed by atoms with Gasteiger partial charge in [0, 0.05) is 51.9 Å². The fraction of sp³-hybridized carbons (Fsp3) is 0.440. The van der Waals surface area contributed by atoms with Crippen LogP contribution >= 0.6 is 0 Å². The standard InChI is InChI=1S/C25H30N8O3/c1-34-15-16-35-20-6-4-19(5-7-20)31-11-8-30(9-12-31)10-13-32-24-21(17-27-32)25-28-23(22-3-2-14-36-22)29-33(25)18-26-24/h3-7,17-18H,2,8-16H2,1H3. The molecule has 0 radical (unpaired) electrons. The summed E-state index contributed by atoms with van der Waals surface area (Å²) in [5, 5.41) is 10.0. The van der Waals surface area contributed by atoms with Gasteiger partial charge in [-0.2, -0.15) is 5.10 Å². The molecule has 0 saturated carbocycles. The summed E-state index contributed by atoms with van der Waals surface area (Å²) >= 11 is 0. The molecule has 11 heteroatoms. The van der Waals surface area contributed by atoms with Gasteiger partial charge in [-0.25, -0.2) is 19.2 Å². The summed E-state index contributed by atoms with van der Waals surface area (Å²) in [5.41, 5.74) is 2.81. The Kier molecular flexibility index (Phi) is 6.39. The zero-order valence-electron chi connectivity index (χ0n) is 20.4. The van der Waals surface area contributed by atoms with Gasteiger partial charge in [0.1, 0.15) is 18.7 Å². The summed E-state index contributed by atoms with van der Waals surface area (Å²) in [6.45, 7) is 7.52. The van der Waals surface area contributed by atoms with E-state index in [1.54, 1.807) is 18.0 Å². The second-order valence-corrected chi connectivity index (χ2v) is 8.92. The van der Waals surface area contributed by atoms with Gasteiger partial charge in [0.2, 0.25) is 5.82 Å². The Bertz CT molecular complexity index is 1360. The molecule has 0 spiro atoms. The normalized spacial score (nSPS) is 16.6. The van der Waals surface area contributed by atoms with Crippen LogP contribution in [0.5, 0.6) is 5.75 Å². The maximum Gasteiger partial charge on any atom is 0.217 e. The third-order valence-corrected chi connectivity index (χ3v) is 6.66. The second-order valence-electron chi connectivity index (χ2n) is 8.92. The molecule has 0 unspecified atom stereocenters. The van der Waals surface area contributed by atoms with Crippen molar-refractivity contribution in [3.05, 3.63) is 48.7 Å². The van der Waals surface area contributed by atoms with Gasteiger partial charge in [0.05, 0.1) is 31.3 Å². The number of methoxy groups -OCH3 is 1. The zero-order chi connectivity index (χ0) is 24.3. The van der Waals surface area contributed by atoms with Gasteiger partial charge >= 0.3 is 0 Å². The number of hydrogen-bond acceptors (Lipinski definition) is 9. The number of anilines is 1. The van der Waals surface area contributed by atoms with E-state index >= 15 is 0 Å². The van der Waals surface area contributed by atoms with Gasteiger partial charge in [-0.05, 0) is 30.3 Å². The first kappa shape index (κ1) is 22.7. The predicted octanol–water partition coefficient (Wildman–Crippen LogP) is 2.08. The third kappa shape index (κ3) is 4.59. The lowest BCUT2D eigenvalue weighted by Crippen LogP contribution is -2.47. The number of nitrogens with zero attached hydrogens (tertiary/aromatic N) is 8. The summed E-state index contributed by atoms with van der Waals surface area (Å²) in [4.78, 5) is 14.2. The molecule has 1 aromatic carbocycles. The topological polar surface area (TPSA) is 95.1 Å². The number of ether oxygens (including phenoxy) is 3. The van der Waals surface area contributed by atoms with Crippen molar-refractivity contribution in [2.45, 2.75) is 13.0 Å². The summed E-state index contributed by atoms with van der Waals surface area (Å²) in [7, 11) is 1.68. The van der Waals surface area contributed by atoms with Crippen molar-refractivity contribution in [2.75, 3.05) is 64.6 Å². The molecule has 0 N–H and O–H groups in total. The molecule has 5 heterocycles. The molecule has 1 saturated heterocycles. The largest absolute Gasteiger partial charge is 0.491 e. The van der Waals surface area contributed by atoms with Crippen molar-refractivity contribution < 1.29 is 14.2 Å². The third-order valence-electron chi connectivity index (χ3n) is 6.66. The van der Waals surface area contributed by atoms with E-state index in [-0.39, 0.29) is 0 Å². The lowest BCUT2D eigenvalue weighted by molar-refractivity contribution is 0.146. The first-order valence-corrected chi connectivity index (χ1v) is 12.4. The van der Waals surface area contributed by atoms with Crippen LogP contribution in [0.25, 0.3) is 22.4 Å². The summed E-state index contributed by atoms with van der Waals surface area (Å²) in [6.07, 6.45) is 6.45. The average Bonchev–Trinajstić information content (AvgIpc) is 3.68. The SMILES string of the molecule is COCCOc1ccc(N2CCN(CCn3ncc4c3ncn3nc(C5=CCCO5)nc43)CC2)cc1. The van der Waals surface area contributed by atoms with Crippen LogP contribution in [0, 0.1) is 0 Å². The highest BCUT2D eigenvalue weighted by atomic mass is 16.5. The van der Waals surface area contributed by atoms with Crippen LogP contribution in [0.15, 0.2) is 42.9 Å². The molecule has 11 nitrogen and oxygen atoms in total. The number of hydrogen-bond donors (Lipinski definition) is 0. The van der Waals surface area contributed by atoms with Crippen molar-refractivity contribution in [2.24, 2.45) is 0 Å². The van der Waals surface area contributed by atoms with Crippen molar-refractivity contribution in [1.29, 1.82) is 0 Å². The molecule has 2 aliphatic heterocycles. The lowest BCUT2D eigenvalue weighted by atomic mass is 10.2. The van der Waals surface area contributed by atoms with Crippen LogP contribution in [0.4, 0.5) is 5.69 Å². The van der Waals surface area contributed by atoms with E-state index < -0.39 is 0 Å². The van der Waals surface area contributed by atoms with Crippen LogP contribution in [0.1, 0.15) is 12.2 Å². The molecule has 0 aliphatic carbocycles. The minimum absolute atomic E-state index is 0.563. The van der Waals surface area contributed by atoms with Crippen molar-refractivity contribution in [3.8, 4) is 5.75 Å². The van der Waals surface area contributed by atoms with Crippen LogP contribution in [0.2, 0.25) is 0 Å². The highest BCUT2D eigenvalue weighted by molar-refractivity contribution is 5.88. The van der Waals surface area contributed by atoms with Crippen LogP contribution in [0.3, 0.4) is 0 Å².